The monoisotopic (exact) mass is 288 g/mol. The standard InChI is InChI=1S/C12H17ClN2S2/c13-11-6-5-10(17-11)7-15(8-12(14)16)9-3-1-2-4-9/h5-6,9H,1-4,7-8H2,(H2,14,16). The number of nitrogens with zero attached hydrogens (tertiary/aromatic N) is 1. The second-order valence-corrected chi connectivity index (χ2v) is 6.84. The maximum atomic E-state index is 5.96. The van der Waals surface area contributed by atoms with Gasteiger partial charge in [0.05, 0.1) is 9.32 Å². The first-order chi connectivity index (χ1) is 8.15. The van der Waals surface area contributed by atoms with Gasteiger partial charge in [0.2, 0.25) is 0 Å². The first kappa shape index (κ1) is 13.3. The molecule has 1 saturated carbocycles. The van der Waals surface area contributed by atoms with Crippen molar-refractivity contribution in [3.05, 3.63) is 21.3 Å². The van der Waals surface area contributed by atoms with E-state index in [4.69, 9.17) is 29.6 Å². The quantitative estimate of drug-likeness (QED) is 0.842. The molecule has 1 aromatic heterocycles. The summed E-state index contributed by atoms with van der Waals surface area (Å²) >= 11 is 12.6. The average molecular weight is 289 g/mol. The molecular weight excluding hydrogens is 272 g/mol. The van der Waals surface area contributed by atoms with Gasteiger partial charge < -0.3 is 5.73 Å². The van der Waals surface area contributed by atoms with E-state index in [1.165, 1.54) is 30.6 Å². The maximum Gasteiger partial charge on any atom is 0.0931 e. The Morgan fingerprint density at radius 3 is 2.71 bits per heavy atom. The zero-order chi connectivity index (χ0) is 12.3. The minimum absolute atomic E-state index is 0.583. The third-order valence-electron chi connectivity index (χ3n) is 3.19. The largest absolute Gasteiger partial charge is 0.392 e. The number of hydrogen-bond acceptors (Lipinski definition) is 3. The van der Waals surface area contributed by atoms with Gasteiger partial charge >= 0.3 is 0 Å². The fraction of sp³-hybridized carbons (Fsp3) is 0.583. The molecule has 1 fully saturated rings. The van der Waals surface area contributed by atoms with Crippen LogP contribution in [0, 0.1) is 0 Å². The molecular formula is C12H17ClN2S2. The Morgan fingerprint density at radius 1 is 1.47 bits per heavy atom. The molecule has 0 atom stereocenters. The summed E-state index contributed by atoms with van der Waals surface area (Å²) in [5.74, 6) is 0. The first-order valence-corrected chi connectivity index (χ1v) is 7.52. The third kappa shape index (κ3) is 3.91. The van der Waals surface area contributed by atoms with Crippen LogP contribution in [0.4, 0.5) is 0 Å². The van der Waals surface area contributed by atoms with Crippen LogP contribution in [0.15, 0.2) is 12.1 Å². The number of halogens is 1. The molecule has 2 rings (SSSR count). The van der Waals surface area contributed by atoms with E-state index < -0.39 is 0 Å². The van der Waals surface area contributed by atoms with Gasteiger partial charge in [-0.25, -0.2) is 0 Å². The van der Waals surface area contributed by atoms with E-state index in [1.807, 2.05) is 6.07 Å². The lowest BCUT2D eigenvalue weighted by Gasteiger charge is -2.27. The Bertz CT molecular complexity index is 386. The van der Waals surface area contributed by atoms with E-state index in [2.05, 4.69) is 11.0 Å². The van der Waals surface area contributed by atoms with Crippen LogP contribution in [0.25, 0.3) is 0 Å². The lowest BCUT2D eigenvalue weighted by Crippen LogP contribution is -2.38. The second-order valence-electron chi connectivity index (χ2n) is 4.52. The van der Waals surface area contributed by atoms with Crippen molar-refractivity contribution in [3.8, 4) is 0 Å². The smallest absolute Gasteiger partial charge is 0.0931 e. The Morgan fingerprint density at radius 2 is 2.18 bits per heavy atom. The third-order valence-corrected chi connectivity index (χ3v) is 4.53. The molecule has 0 aromatic carbocycles. The van der Waals surface area contributed by atoms with Crippen LogP contribution in [-0.2, 0) is 6.54 Å². The van der Waals surface area contributed by atoms with Crippen LogP contribution in [0.3, 0.4) is 0 Å². The predicted octanol–water partition coefficient (Wildman–Crippen LogP) is 3.43. The number of hydrogen-bond donors (Lipinski definition) is 1. The molecule has 2 N–H and O–H groups in total. The highest BCUT2D eigenvalue weighted by molar-refractivity contribution is 7.80. The van der Waals surface area contributed by atoms with Crippen molar-refractivity contribution in [1.29, 1.82) is 0 Å². The highest BCUT2D eigenvalue weighted by Gasteiger charge is 2.23. The summed E-state index contributed by atoms with van der Waals surface area (Å²) in [6, 6.07) is 4.68. The summed E-state index contributed by atoms with van der Waals surface area (Å²) < 4.78 is 0.849. The van der Waals surface area contributed by atoms with Gasteiger partial charge in [0.1, 0.15) is 0 Å². The van der Waals surface area contributed by atoms with Crippen LogP contribution in [-0.4, -0.2) is 22.5 Å². The van der Waals surface area contributed by atoms with Gasteiger partial charge in [0.15, 0.2) is 0 Å². The average Bonchev–Trinajstić information content (AvgIpc) is 2.87. The van der Waals surface area contributed by atoms with E-state index in [1.54, 1.807) is 11.3 Å². The summed E-state index contributed by atoms with van der Waals surface area (Å²) in [6.45, 7) is 1.63. The SMILES string of the molecule is NC(=S)CN(Cc1ccc(Cl)s1)C1CCCC1. The summed E-state index contributed by atoms with van der Waals surface area (Å²) in [4.78, 5) is 4.27. The van der Waals surface area contributed by atoms with Crippen molar-refractivity contribution in [3.63, 3.8) is 0 Å². The normalized spacial score (nSPS) is 16.8. The van der Waals surface area contributed by atoms with Gasteiger partial charge in [-0.2, -0.15) is 0 Å². The molecule has 0 radical (unpaired) electrons. The van der Waals surface area contributed by atoms with Crippen molar-refractivity contribution in [2.45, 2.75) is 38.3 Å². The summed E-state index contributed by atoms with van der Waals surface area (Å²) in [6.07, 6.45) is 5.18. The topological polar surface area (TPSA) is 29.3 Å². The number of thiocarbonyl (C=S) groups is 1. The van der Waals surface area contributed by atoms with Gasteiger partial charge in [-0.3, -0.25) is 4.90 Å². The number of rotatable bonds is 5. The zero-order valence-corrected chi connectivity index (χ0v) is 12.1. The highest BCUT2D eigenvalue weighted by Crippen LogP contribution is 2.28. The molecule has 1 aromatic rings. The number of thiophene rings is 1. The van der Waals surface area contributed by atoms with E-state index in [9.17, 15) is 0 Å². The van der Waals surface area contributed by atoms with Crippen molar-refractivity contribution < 1.29 is 0 Å². The molecule has 0 spiro atoms. The molecule has 0 amide bonds. The molecule has 0 bridgehead atoms. The van der Waals surface area contributed by atoms with Gasteiger partial charge in [-0.05, 0) is 25.0 Å². The van der Waals surface area contributed by atoms with Crippen LogP contribution in [0.1, 0.15) is 30.6 Å². The minimum Gasteiger partial charge on any atom is -0.392 e. The highest BCUT2D eigenvalue weighted by atomic mass is 35.5. The summed E-state index contributed by atoms with van der Waals surface area (Å²) in [5, 5.41) is 0. The van der Waals surface area contributed by atoms with Gasteiger partial charge in [-0.15, -0.1) is 11.3 Å². The van der Waals surface area contributed by atoms with Gasteiger partial charge in [0.25, 0.3) is 0 Å². The Hall–Kier alpha value is -0.160. The molecule has 94 valence electrons. The fourth-order valence-corrected chi connectivity index (χ4v) is 3.70. The maximum absolute atomic E-state index is 5.96. The van der Waals surface area contributed by atoms with Gasteiger partial charge in [0, 0.05) is 24.0 Å². The second kappa shape index (κ2) is 6.14. The molecule has 2 nitrogen and oxygen atoms in total. The fourth-order valence-electron chi connectivity index (χ4n) is 2.42. The predicted molar refractivity (Wildman–Crippen MR) is 78.8 cm³/mol. The van der Waals surface area contributed by atoms with Crippen LogP contribution >= 0.6 is 35.2 Å². The lowest BCUT2D eigenvalue weighted by molar-refractivity contribution is 0.221. The molecule has 0 unspecified atom stereocenters. The molecule has 1 aliphatic rings. The van der Waals surface area contributed by atoms with Gasteiger partial charge in [-0.1, -0.05) is 36.7 Å². The van der Waals surface area contributed by atoms with Crippen molar-refractivity contribution in [2.24, 2.45) is 5.73 Å². The van der Waals surface area contributed by atoms with E-state index in [0.29, 0.717) is 11.0 Å². The van der Waals surface area contributed by atoms with E-state index >= 15 is 0 Å². The van der Waals surface area contributed by atoms with Crippen LogP contribution in [0.5, 0.6) is 0 Å². The minimum atomic E-state index is 0.583. The van der Waals surface area contributed by atoms with E-state index in [-0.39, 0.29) is 0 Å². The van der Waals surface area contributed by atoms with Crippen molar-refractivity contribution >= 4 is 40.1 Å². The van der Waals surface area contributed by atoms with Crippen LogP contribution in [0.2, 0.25) is 4.34 Å². The molecule has 0 saturated heterocycles. The summed E-state index contributed by atoms with van der Waals surface area (Å²) in [7, 11) is 0. The molecule has 17 heavy (non-hydrogen) atoms. The van der Waals surface area contributed by atoms with Crippen LogP contribution < -0.4 is 5.73 Å². The molecule has 1 heterocycles. The number of nitrogens with two attached hydrogens (primary N) is 1. The molecule has 1 aliphatic carbocycles. The van der Waals surface area contributed by atoms with E-state index in [0.717, 1.165) is 17.4 Å². The van der Waals surface area contributed by atoms with Crippen molar-refractivity contribution in [2.75, 3.05) is 6.54 Å². The Kier molecular flexibility index (Phi) is 4.79. The first-order valence-electron chi connectivity index (χ1n) is 5.91. The molecule has 0 aliphatic heterocycles. The summed E-state index contributed by atoms with van der Waals surface area (Å²) in [5.41, 5.74) is 5.69. The van der Waals surface area contributed by atoms with Crippen molar-refractivity contribution in [1.82, 2.24) is 4.90 Å². The zero-order valence-electron chi connectivity index (χ0n) is 9.69. The Balaban J connectivity index is 2.01. The Labute approximate surface area is 117 Å². The lowest BCUT2D eigenvalue weighted by atomic mass is 10.2. The molecule has 5 heteroatoms.